The summed E-state index contributed by atoms with van der Waals surface area (Å²) in [5.41, 5.74) is 2.59. The van der Waals surface area contributed by atoms with Gasteiger partial charge in [-0.25, -0.2) is 0 Å². The fourth-order valence-electron chi connectivity index (χ4n) is 1.21. The van der Waals surface area contributed by atoms with Crippen molar-refractivity contribution in [2.45, 2.75) is 6.42 Å². The van der Waals surface area contributed by atoms with Crippen LogP contribution in [0.5, 0.6) is 0 Å². The number of hydrogen-bond donors (Lipinski definition) is 1. The molecule has 0 bridgehead atoms. The number of nitrogens with two attached hydrogens (primary N) is 1. The third-order valence-corrected chi connectivity index (χ3v) is 1.67. The van der Waals surface area contributed by atoms with Gasteiger partial charge in [-0.3, -0.25) is 4.98 Å². The van der Waals surface area contributed by atoms with Crippen LogP contribution in [0, 0.1) is 0 Å². The molecule has 2 nitrogen and oxygen atoms in total. The van der Waals surface area contributed by atoms with E-state index in [0.29, 0.717) is 0 Å². The lowest BCUT2D eigenvalue weighted by Gasteiger charge is -1.88. The Morgan fingerprint density at radius 3 is 3.44 bits per heavy atom. The van der Waals surface area contributed by atoms with Crippen molar-refractivity contribution < 1.29 is 5.32 Å². The van der Waals surface area contributed by atoms with E-state index < -0.39 is 0 Å². The SMILES string of the molecule is c1cnc2c(c1)[NH2+]CC2. The number of fused-ring (bicyclic) bond motifs is 1. The largest absolute Gasteiger partial charge is 0.312 e. The van der Waals surface area contributed by atoms with Crippen LogP contribution in [0.1, 0.15) is 5.69 Å². The van der Waals surface area contributed by atoms with Crippen LogP contribution in [0.3, 0.4) is 0 Å². The summed E-state index contributed by atoms with van der Waals surface area (Å²) in [6, 6.07) is 4.11. The second-order valence-corrected chi connectivity index (χ2v) is 2.28. The zero-order valence-corrected chi connectivity index (χ0v) is 5.17. The van der Waals surface area contributed by atoms with Crippen molar-refractivity contribution in [2.75, 3.05) is 6.54 Å². The molecule has 9 heavy (non-hydrogen) atoms. The third kappa shape index (κ3) is 0.715. The first-order valence-corrected chi connectivity index (χ1v) is 3.24. The average Bonchev–Trinajstić information content (AvgIpc) is 2.33. The zero-order chi connectivity index (χ0) is 6.10. The highest BCUT2D eigenvalue weighted by Gasteiger charge is 2.13. The third-order valence-electron chi connectivity index (χ3n) is 1.67. The summed E-state index contributed by atoms with van der Waals surface area (Å²) in [7, 11) is 0. The summed E-state index contributed by atoms with van der Waals surface area (Å²) in [5.74, 6) is 0. The van der Waals surface area contributed by atoms with Gasteiger partial charge in [-0.1, -0.05) is 0 Å². The van der Waals surface area contributed by atoms with Gasteiger partial charge in [0.1, 0.15) is 5.69 Å². The molecule has 2 N–H and O–H groups in total. The highest BCUT2D eigenvalue weighted by atomic mass is 14.9. The van der Waals surface area contributed by atoms with Crippen LogP contribution in [0.15, 0.2) is 18.3 Å². The van der Waals surface area contributed by atoms with Crippen molar-refractivity contribution in [3.8, 4) is 0 Å². The maximum Gasteiger partial charge on any atom is 0.151 e. The van der Waals surface area contributed by atoms with Crippen molar-refractivity contribution in [1.29, 1.82) is 0 Å². The molecule has 0 amide bonds. The minimum atomic E-state index is 1.14. The summed E-state index contributed by atoms with van der Waals surface area (Å²) in [6.45, 7) is 1.17. The Bertz CT molecular complexity index is 197. The lowest BCUT2D eigenvalue weighted by Crippen LogP contribution is -2.75. The van der Waals surface area contributed by atoms with Crippen molar-refractivity contribution in [3.05, 3.63) is 24.0 Å². The minimum Gasteiger partial charge on any atom is -0.312 e. The van der Waals surface area contributed by atoms with Gasteiger partial charge in [0.05, 0.1) is 6.54 Å². The molecule has 1 aromatic rings. The maximum atomic E-state index is 4.23. The molecule has 0 fully saturated rings. The Hall–Kier alpha value is -0.890. The molecule has 0 spiro atoms. The molecule has 2 rings (SSSR count). The number of pyridine rings is 1. The van der Waals surface area contributed by atoms with Gasteiger partial charge >= 0.3 is 0 Å². The first-order chi connectivity index (χ1) is 4.47. The van der Waals surface area contributed by atoms with E-state index in [1.807, 2.05) is 12.3 Å². The highest BCUT2D eigenvalue weighted by Crippen LogP contribution is 2.08. The molecule has 0 atom stereocenters. The maximum absolute atomic E-state index is 4.23. The fraction of sp³-hybridized carbons (Fsp3) is 0.286. The number of quaternary nitrogens is 1. The average molecular weight is 121 g/mol. The predicted molar refractivity (Wildman–Crippen MR) is 34.4 cm³/mol. The first-order valence-electron chi connectivity index (χ1n) is 3.24. The van der Waals surface area contributed by atoms with Crippen LogP contribution < -0.4 is 5.32 Å². The molecule has 2 heterocycles. The van der Waals surface area contributed by atoms with Gasteiger partial charge in [0.2, 0.25) is 0 Å². The second kappa shape index (κ2) is 1.81. The highest BCUT2D eigenvalue weighted by molar-refractivity contribution is 5.35. The minimum absolute atomic E-state index is 1.14. The first kappa shape index (κ1) is 4.94. The van der Waals surface area contributed by atoms with Crippen LogP contribution in [0.4, 0.5) is 5.69 Å². The van der Waals surface area contributed by atoms with Crippen LogP contribution in [-0.4, -0.2) is 11.5 Å². The zero-order valence-electron chi connectivity index (χ0n) is 5.17. The van der Waals surface area contributed by atoms with Gasteiger partial charge in [-0.2, -0.15) is 0 Å². The molecule has 0 saturated heterocycles. The molecule has 0 unspecified atom stereocenters. The standard InChI is InChI=1S/C7H8N2/c1-2-6-7(8-4-1)3-5-9-6/h1-2,4,9H,3,5H2/p+1. The van der Waals surface area contributed by atoms with Gasteiger partial charge in [-0.15, -0.1) is 0 Å². The van der Waals surface area contributed by atoms with Crippen LogP contribution in [-0.2, 0) is 6.42 Å². The second-order valence-electron chi connectivity index (χ2n) is 2.28. The summed E-state index contributed by atoms with van der Waals surface area (Å²) >= 11 is 0. The molecule has 0 aromatic carbocycles. The van der Waals surface area contributed by atoms with Gasteiger partial charge in [0.25, 0.3) is 0 Å². The Morgan fingerprint density at radius 1 is 1.56 bits per heavy atom. The predicted octanol–water partition coefficient (Wildman–Crippen LogP) is -0.167. The van der Waals surface area contributed by atoms with E-state index in [1.165, 1.54) is 17.9 Å². The molecule has 2 heteroatoms. The van der Waals surface area contributed by atoms with E-state index in [1.54, 1.807) is 0 Å². The molecule has 0 saturated carbocycles. The van der Waals surface area contributed by atoms with E-state index in [0.717, 1.165) is 6.42 Å². The van der Waals surface area contributed by atoms with Gasteiger partial charge in [0, 0.05) is 18.7 Å². The summed E-state index contributed by atoms with van der Waals surface area (Å²) in [6.07, 6.45) is 2.99. The molecular formula is C7H9N2+. The Labute approximate surface area is 53.9 Å². The normalized spacial score (nSPS) is 15.6. The number of aromatic nitrogens is 1. The lowest BCUT2D eigenvalue weighted by atomic mass is 10.3. The summed E-state index contributed by atoms with van der Waals surface area (Å²) < 4.78 is 0. The molecule has 1 aromatic heterocycles. The van der Waals surface area contributed by atoms with Crippen molar-refractivity contribution >= 4 is 5.69 Å². The quantitative estimate of drug-likeness (QED) is 0.507. The van der Waals surface area contributed by atoms with E-state index in [-0.39, 0.29) is 0 Å². The molecular weight excluding hydrogens is 112 g/mol. The van der Waals surface area contributed by atoms with Gasteiger partial charge in [-0.05, 0) is 6.07 Å². The van der Waals surface area contributed by atoms with E-state index in [9.17, 15) is 0 Å². The number of rotatable bonds is 0. The van der Waals surface area contributed by atoms with Gasteiger partial charge in [0.15, 0.2) is 5.69 Å². The van der Waals surface area contributed by atoms with Crippen molar-refractivity contribution in [3.63, 3.8) is 0 Å². The topological polar surface area (TPSA) is 29.5 Å². The Morgan fingerprint density at radius 2 is 2.56 bits per heavy atom. The van der Waals surface area contributed by atoms with Crippen molar-refractivity contribution in [2.24, 2.45) is 0 Å². The van der Waals surface area contributed by atoms with Crippen molar-refractivity contribution in [1.82, 2.24) is 4.98 Å². The number of hydrogen-bond acceptors (Lipinski definition) is 1. The smallest absolute Gasteiger partial charge is 0.151 e. The lowest BCUT2D eigenvalue weighted by molar-refractivity contribution is -0.561. The molecule has 0 radical (unpaired) electrons. The Kier molecular flexibility index (Phi) is 0.993. The molecule has 1 aliphatic heterocycles. The van der Waals surface area contributed by atoms with E-state index in [4.69, 9.17) is 0 Å². The summed E-state index contributed by atoms with van der Waals surface area (Å²) in [5, 5.41) is 2.24. The van der Waals surface area contributed by atoms with Crippen LogP contribution in [0.2, 0.25) is 0 Å². The molecule has 1 aliphatic rings. The van der Waals surface area contributed by atoms with Crippen LogP contribution >= 0.6 is 0 Å². The number of nitrogens with zero attached hydrogens (tertiary/aromatic N) is 1. The monoisotopic (exact) mass is 121 g/mol. The van der Waals surface area contributed by atoms with Gasteiger partial charge < -0.3 is 5.32 Å². The molecule has 0 aliphatic carbocycles. The summed E-state index contributed by atoms with van der Waals surface area (Å²) in [4.78, 5) is 4.23. The van der Waals surface area contributed by atoms with E-state index >= 15 is 0 Å². The molecule has 46 valence electrons. The Balaban J connectivity index is 2.54. The van der Waals surface area contributed by atoms with Crippen LogP contribution in [0.25, 0.3) is 0 Å². The van der Waals surface area contributed by atoms with E-state index in [2.05, 4.69) is 16.4 Å². The fourth-order valence-corrected chi connectivity index (χ4v) is 1.21.